The standard InChI is InChI=1S/C20H23NO4/c1-14-10-17(23-2)20(18(11-14)24-3)25-13-19(22)21-9-8-15-6-4-5-7-16(15)12-21/h4-7,10-11H,8-9,12-13H2,1-3H3. The number of hydrogen-bond donors (Lipinski definition) is 0. The molecule has 0 radical (unpaired) electrons. The van der Waals surface area contributed by atoms with Crippen LogP contribution in [0.2, 0.25) is 0 Å². The molecule has 0 atom stereocenters. The highest BCUT2D eigenvalue weighted by atomic mass is 16.5. The van der Waals surface area contributed by atoms with Crippen LogP contribution in [0.25, 0.3) is 0 Å². The lowest BCUT2D eigenvalue weighted by molar-refractivity contribution is -0.134. The van der Waals surface area contributed by atoms with Gasteiger partial charge in [0.2, 0.25) is 5.75 Å². The number of aryl methyl sites for hydroxylation is 1. The van der Waals surface area contributed by atoms with Crippen LogP contribution in [-0.4, -0.2) is 38.2 Å². The Morgan fingerprint density at radius 3 is 2.36 bits per heavy atom. The molecule has 0 aromatic heterocycles. The Hall–Kier alpha value is -2.69. The van der Waals surface area contributed by atoms with Crippen LogP contribution >= 0.6 is 0 Å². The number of hydrogen-bond acceptors (Lipinski definition) is 4. The van der Waals surface area contributed by atoms with Crippen molar-refractivity contribution in [3.63, 3.8) is 0 Å². The van der Waals surface area contributed by atoms with E-state index < -0.39 is 0 Å². The topological polar surface area (TPSA) is 48.0 Å². The molecule has 2 aromatic rings. The maximum atomic E-state index is 12.6. The molecule has 1 aliphatic heterocycles. The highest BCUT2D eigenvalue weighted by molar-refractivity contribution is 5.78. The Bertz CT molecular complexity index is 747. The van der Waals surface area contributed by atoms with Crippen LogP contribution in [0.15, 0.2) is 36.4 Å². The number of nitrogens with zero attached hydrogens (tertiary/aromatic N) is 1. The first kappa shape index (κ1) is 17.1. The number of methoxy groups -OCH3 is 2. The zero-order valence-corrected chi connectivity index (χ0v) is 14.9. The third-order valence-electron chi connectivity index (χ3n) is 4.43. The van der Waals surface area contributed by atoms with Crippen molar-refractivity contribution in [3.8, 4) is 17.2 Å². The van der Waals surface area contributed by atoms with Gasteiger partial charge in [0.05, 0.1) is 14.2 Å². The van der Waals surface area contributed by atoms with E-state index in [0.717, 1.165) is 12.0 Å². The molecule has 5 heteroatoms. The molecule has 0 aliphatic carbocycles. The normalized spacial score (nSPS) is 13.2. The predicted octanol–water partition coefficient (Wildman–Crippen LogP) is 2.98. The summed E-state index contributed by atoms with van der Waals surface area (Å²) in [6.07, 6.45) is 0.874. The lowest BCUT2D eigenvalue weighted by Crippen LogP contribution is -2.38. The molecule has 25 heavy (non-hydrogen) atoms. The fraction of sp³-hybridized carbons (Fsp3) is 0.350. The van der Waals surface area contributed by atoms with Crippen molar-refractivity contribution in [2.75, 3.05) is 27.4 Å². The molecule has 0 bridgehead atoms. The summed E-state index contributed by atoms with van der Waals surface area (Å²) in [5, 5.41) is 0. The van der Waals surface area contributed by atoms with E-state index in [2.05, 4.69) is 12.1 Å². The number of rotatable bonds is 5. The Balaban J connectivity index is 1.69. The number of fused-ring (bicyclic) bond motifs is 1. The van der Waals surface area contributed by atoms with E-state index in [1.165, 1.54) is 11.1 Å². The second kappa shape index (κ2) is 7.47. The molecular formula is C20H23NO4. The third-order valence-corrected chi connectivity index (χ3v) is 4.43. The van der Waals surface area contributed by atoms with E-state index in [-0.39, 0.29) is 12.5 Å². The van der Waals surface area contributed by atoms with Crippen molar-refractivity contribution < 1.29 is 19.0 Å². The van der Waals surface area contributed by atoms with Gasteiger partial charge in [-0.1, -0.05) is 24.3 Å². The monoisotopic (exact) mass is 341 g/mol. The average Bonchev–Trinajstić information content (AvgIpc) is 2.65. The molecular weight excluding hydrogens is 318 g/mol. The van der Waals surface area contributed by atoms with Gasteiger partial charge in [0.15, 0.2) is 18.1 Å². The minimum absolute atomic E-state index is 0.0424. The maximum absolute atomic E-state index is 12.6. The number of ether oxygens (including phenoxy) is 3. The van der Waals surface area contributed by atoms with Crippen LogP contribution in [0.3, 0.4) is 0 Å². The molecule has 0 unspecified atom stereocenters. The molecule has 0 spiro atoms. The molecule has 5 nitrogen and oxygen atoms in total. The van der Waals surface area contributed by atoms with Gasteiger partial charge in [0.1, 0.15) is 0 Å². The quantitative estimate of drug-likeness (QED) is 0.839. The van der Waals surface area contributed by atoms with E-state index in [1.54, 1.807) is 14.2 Å². The fourth-order valence-corrected chi connectivity index (χ4v) is 3.09. The van der Waals surface area contributed by atoms with Gasteiger partial charge in [-0.15, -0.1) is 0 Å². The Morgan fingerprint density at radius 1 is 1.08 bits per heavy atom. The summed E-state index contributed by atoms with van der Waals surface area (Å²) in [7, 11) is 3.15. The molecule has 132 valence electrons. The van der Waals surface area contributed by atoms with Gasteiger partial charge in [0.25, 0.3) is 5.91 Å². The van der Waals surface area contributed by atoms with Gasteiger partial charge in [-0.3, -0.25) is 4.79 Å². The van der Waals surface area contributed by atoms with Crippen molar-refractivity contribution in [2.45, 2.75) is 19.9 Å². The van der Waals surface area contributed by atoms with E-state index >= 15 is 0 Å². The lowest BCUT2D eigenvalue weighted by atomic mass is 10.00. The molecule has 1 aliphatic rings. The van der Waals surface area contributed by atoms with Crippen molar-refractivity contribution >= 4 is 5.91 Å². The van der Waals surface area contributed by atoms with Crippen LogP contribution in [0.1, 0.15) is 16.7 Å². The van der Waals surface area contributed by atoms with Gasteiger partial charge in [-0.25, -0.2) is 0 Å². The summed E-state index contributed by atoms with van der Waals surface area (Å²) in [4.78, 5) is 14.4. The van der Waals surface area contributed by atoms with Gasteiger partial charge >= 0.3 is 0 Å². The third kappa shape index (κ3) is 3.71. The Labute approximate surface area is 148 Å². The summed E-state index contributed by atoms with van der Waals surface area (Å²) in [6, 6.07) is 12.0. The van der Waals surface area contributed by atoms with Crippen molar-refractivity contribution in [1.82, 2.24) is 4.90 Å². The van der Waals surface area contributed by atoms with Gasteiger partial charge in [0, 0.05) is 13.1 Å². The van der Waals surface area contributed by atoms with Crippen molar-refractivity contribution in [3.05, 3.63) is 53.1 Å². The number of carbonyl (C=O) groups excluding carboxylic acids is 1. The second-order valence-electron chi connectivity index (χ2n) is 6.12. The van der Waals surface area contributed by atoms with Crippen LogP contribution in [0, 0.1) is 6.92 Å². The van der Waals surface area contributed by atoms with Gasteiger partial charge < -0.3 is 19.1 Å². The summed E-state index contributed by atoms with van der Waals surface area (Å²) in [5.41, 5.74) is 3.52. The lowest BCUT2D eigenvalue weighted by Gasteiger charge is -2.29. The molecule has 0 fully saturated rings. The van der Waals surface area contributed by atoms with Crippen LogP contribution in [0.4, 0.5) is 0 Å². The number of amides is 1. The highest BCUT2D eigenvalue weighted by Crippen LogP contribution is 2.38. The van der Waals surface area contributed by atoms with E-state index in [4.69, 9.17) is 14.2 Å². The van der Waals surface area contributed by atoms with Gasteiger partial charge in [-0.05, 0) is 42.2 Å². The molecule has 1 heterocycles. The zero-order valence-electron chi connectivity index (χ0n) is 14.9. The van der Waals surface area contributed by atoms with E-state index in [9.17, 15) is 4.79 Å². The first-order valence-corrected chi connectivity index (χ1v) is 8.32. The molecule has 0 N–H and O–H groups in total. The highest BCUT2D eigenvalue weighted by Gasteiger charge is 2.22. The van der Waals surface area contributed by atoms with Crippen molar-refractivity contribution in [2.24, 2.45) is 0 Å². The minimum atomic E-state index is -0.0437. The van der Waals surface area contributed by atoms with Crippen LogP contribution in [-0.2, 0) is 17.8 Å². The van der Waals surface area contributed by atoms with E-state index in [1.807, 2.05) is 36.1 Å². The number of carbonyl (C=O) groups is 1. The minimum Gasteiger partial charge on any atom is -0.493 e. The summed E-state index contributed by atoms with van der Waals surface area (Å²) in [5.74, 6) is 1.54. The molecule has 1 amide bonds. The second-order valence-corrected chi connectivity index (χ2v) is 6.12. The van der Waals surface area contributed by atoms with E-state index in [0.29, 0.717) is 30.3 Å². The van der Waals surface area contributed by atoms with Gasteiger partial charge in [-0.2, -0.15) is 0 Å². The first-order valence-electron chi connectivity index (χ1n) is 8.32. The Kier molecular flexibility index (Phi) is 5.12. The SMILES string of the molecule is COc1cc(C)cc(OC)c1OCC(=O)N1CCc2ccccc2C1. The molecule has 2 aromatic carbocycles. The molecule has 3 rings (SSSR count). The predicted molar refractivity (Wildman–Crippen MR) is 95.3 cm³/mol. The largest absolute Gasteiger partial charge is 0.493 e. The molecule has 0 saturated carbocycles. The zero-order chi connectivity index (χ0) is 17.8. The Morgan fingerprint density at radius 2 is 1.72 bits per heavy atom. The smallest absolute Gasteiger partial charge is 0.260 e. The number of benzene rings is 2. The maximum Gasteiger partial charge on any atom is 0.260 e. The van der Waals surface area contributed by atoms with Crippen molar-refractivity contribution in [1.29, 1.82) is 0 Å². The summed E-state index contributed by atoms with van der Waals surface area (Å²) in [6.45, 7) is 3.24. The fourth-order valence-electron chi connectivity index (χ4n) is 3.09. The average molecular weight is 341 g/mol. The van der Waals surface area contributed by atoms with Crippen LogP contribution in [0.5, 0.6) is 17.2 Å². The summed E-state index contributed by atoms with van der Waals surface area (Å²) >= 11 is 0. The summed E-state index contributed by atoms with van der Waals surface area (Å²) < 4.78 is 16.5. The van der Waals surface area contributed by atoms with Crippen LogP contribution < -0.4 is 14.2 Å². The molecule has 0 saturated heterocycles. The first-order chi connectivity index (χ1) is 12.1.